The van der Waals surface area contributed by atoms with E-state index in [0.29, 0.717) is 10.9 Å². The number of halogens is 3. The first-order valence-electron chi connectivity index (χ1n) is 5.49. The van der Waals surface area contributed by atoms with Crippen LogP contribution >= 0.6 is 22.9 Å². The van der Waals surface area contributed by atoms with Crippen LogP contribution in [0.5, 0.6) is 0 Å². The zero-order valence-electron chi connectivity index (χ0n) is 9.71. The van der Waals surface area contributed by atoms with Crippen LogP contribution in [0.2, 0.25) is 4.34 Å². The fourth-order valence-electron chi connectivity index (χ4n) is 1.73. The predicted octanol–water partition coefficient (Wildman–Crippen LogP) is 4.53. The minimum Gasteiger partial charge on any atom is -0.305 e. The molecule has 0 aliphatic carbocycles. The van der Waals surface area contributed by atoms with Gasteiger partial charge >= 0.3 is 0 Å². The summed E-state index contributed by atoms with van der Waals surface area (Å²) in [5, 5.41) is 3.08. The van der Waals surface area contributed by atoms with Gasteiger partial charge in [-0.05, 0) is 31.2 Å². The van der Waals surface area contributed by atoms with Gasteiger partial charge in [0, 0.05) is 23.0 Å². The van der Waals surface area contributed by atoms with Crippen LogP contribution in [0, 0.1) is 11.6 Å². The third kappa shape index (κ3) is 3.07. The minimum atomic E-state index is -0.529. The normalized spacial score (nSPS) is 12.7. The third-order valence-electron chi connectivity index (χ3n) is 2.64. The standard InChI is InChI=1S/C13H12ClF2NS/c1-8(13-10(15)3-2-4-11(13)16)17-7-9-5-6-12(14)18-9/h2-6,8,17H,7H2,1H3. The van der Waals surface area contributed by atoms with Gasteiger partial charge in [0.1, 0.15) is 11.6 Å². The molecule has 0 radical (unpaired) electrons. The van der Waals surface area contributed by atoms with Crippen LogP contribution in [0.25, 0.3) is 0 Å². The molecule has 1 N–H and O–H groups in total. The zero-order valence-corrected chi connectivity index (χ0v) is 11.3. The molecule has 1 heterocycles. The molecule has 96 valence electrons. The first kappa shape index (κ1) is 13.5. The lowest BCUT2D eigenvalue weighted by Gasteiger charge is -2.15. The summed E-state index contributed by atoms with van der Waals surface area (Å²) >= 11 is 7.26. The van der Waals surface area contributed by atoms with Crippen LogP contribution in [-0.2, 0) is 6.54 Å². The molecule has 0 aliphatic heterocycles. The number of hydrogen-bond acceptors (Lipinski definition) is 2. The smallest absolute Gasteiger partial charge is 0.130 e. The van der Waals surface area contributed by atoms with E-state index >= 15 is 0 Å². The molecule has 0 spiro atoms. The SMILES string of the molecule is CC(NCc1ccc(Cl)s1)c1c(F)cccc1F. The fourth-order valence-corrected chi connectivity index (χ4v) is 2.77. The van der Waals surface area contributed by atoms with Crippen LogP contribution in [0.15, 0.2) is 30.3 Å². The van der Waals surface area contributed by atoms with Crippen molar-refractivity contribution in [2.45, 2.75) is 19.5 Å². The molecule has 2 rings (SSSR count). The summed E-state index contributed by atoms with van der Waals surface area (Å²) in [5.74, 6) is -1.06. The van der Waals surface area contributed by atoms with E-state index in [1.165, 1.54) is 29.5 Å². The average Bonchev–Trinajstić information content (AvgIpc) is 2.72. The van der Waals surface area contributed by atoms with E-state index in [1.54, 1.807) is 13.0 Å². The molecule has 0 saturated heterocycles. The van der Waals surface area contributed by atoms with Gasteiger partial charge < -0.3 is 5.32 Å². The largest absolute Gasteiger partial charge is 0.305 e. The second-order valence-electron chi connectivity index (χ2n) is 3.94. The van der Waals surface area contributed by atoms with Crippen molar-refractivity contribution >= 4 is 22.9 Å². The maximum atomic E-state index is 13.5. The summed E-state index contributed by atoms with van der Waals surface area (Å²) in [6, 6.07) is 7.19. The van der Waals surface area contributed by atoms with Gasteiger partial charge in [-0.1, -0.05) is 17.7 Å². The Kier molecular flexibility index (Phi) is 4.32. The summed E-state index contributed by atoms with van der Waals surface area (Å²) < 4.78 is 27.8. The third-order valence-corrected chi connectivity index (χ3v) is 3.88. The van der Waals surface area contributed by atoms with Gasteiger partial charge in [-0.25, -0.2) is 8.78 Å². The molecule has 18 heavy (non-hydrogen) atoms. The number of benzene rings is 1. The molecule has 0 bridgehead atoms. The van der Waals surface area contributed by atoms with E-state index < -0.39 is 17.7 Å². The fraction of sp³-hybridized carbons (Fsp3) is 0.231. The van der Waals surface area contributed by atoms with Crippen molar-refractivity contribution in [3.8, 4) is 0 Å². The minimum absolute atomic E-state index is 0.0696. The highest BCUT2D eigenvalue weighted by atomic mass is 35.5. The zero-order chi connectivity index (χ0) is 13.1. The summed E-state index contributed by atoms with van der Waals surface area (Å²) in [7, 11) is 0. The van der Waals surface area contributed by atoms with Gasteiger partial charge in [-0.2, -0.15) is 0 Å². The van der Waals surface area contributed by atoms with Crippen LogP contribution in [0.4, 0.5) is 8.78 Å². The van der Waals surface area contributed by atoms with Gasteiger partial charge in [-0.3, -0.25) is 0 Å². The van der Waals surface area contributed by atoms with Crippen LogP contribution in [0.3, 0.4) is 0 Å². The van der Waals surface area contributed by atoms with Crippen molar-refractivity contribution in [2.75, 3.05) is 0 Å². The Morgan fingerprint density at radius 3 is 2.44 bits per heavy atom. The monoisotopic (exact) mass is 287 g/mol. The molecule has 0 amide bonds. The van der Waals surface area contributed by atoms with Gasteiger partial charge in [0.25, 0.3) is 0 Å². The molecule has 0 aliphatic rings. The van der Waals surface area contributed by atoms with Crippen molar-refractivity contribution in [3.05, 3.63) is 56.7 Å². The maximum Gasteiger partial charge on any atom is 0.130 e. The van der Waals surface area contributed by atoms with E-state index in [9.17, 15) is 8.78 Å². The Labute approximate surface area is 113 Å². The van der Waals surface area contributed by atoms with Gasteiger partial charge in [-0.15, -0.1) is 11.3 Å². The molecule has 1 aromatic heterocycles. The predicted molar refractivity (Wildman–Crippen MR) is 70.9 cm³/mol. The second-order valence-corrected chi connectivity index (χ2v) is 5.74. The highest BCUT2D eigenvalue weighted by Gasteiger charge is 2.15. The lowest BCUT2D eigenvalue weighted by molar-refractivity contribution is 0.489. The molecular weight excluding hydrogens is 276 g/mol. The Balaban J connectivity index is 2.06. The molecule has 1 nitrogen and oxygen atoms in total. The lowest BCUT2D eigenvalue weighted by Crippen LogP contribution is -2.19. The Morgan fingerprint density at radius 2 is 1.89 bits per heavy atom. The molecule has 0 fully saturated rings. The van der Waals surface area contributed by atoms with Gasteiger partial charge in [0.15, 0.2) is 0 Å². The average molecular weight is 288 g/mol. The van der Waals surface area contributed by atoms with Crippen LogP contribution < -0.4 is 5.32 Å². The van der Waals surface area contributed by atoms with E-state index in [-0.39, 0.29) is 5.56 Å². The van der Waals surface area contributed by atoms with Crippen molar-refractivity contribution in [1.29, 1.82) is 0 Å². The summed E-state index contributed by atoms with van der Waals surface area (Å²) in [4.78, 5) is 1.03. The summed E-state index contributed by atoms with van der Waals surface area (Å²) in [5.41, 5.74) is 0.0696. The molecule has 0 saturated carbocycles. The quantitative estimate of drug-likeness (QED) is 0.871. The second kappa shape index (κ2) is 5.78. The van der Waals surface area contributed by atoms with Crippen molar-refractivity contribution in [3.63, 3.8) is 0 Å². The maximum absolute atomic E-state index is 13.5. The van der Waals surface area contributed by atoms with Crippen molar-refractivity contribution in [1.82, 2.24) is 5.32 Å². The molecule has 1 aromatic carbocycles. The molecule has 2 aromatic rings. The van der Waals surface area contributed by atoms with Crippen molar-refractivity contribution < 1.29 is 8.78 Å². The molecule has 1 atom stereocenters. The lowest BCUT2D eigenvalue weighted by atomic mass is 10.1. The van der Waals surface area contributed by atoms with E-state index in [0.717, 1.165) is 4.88 Å². The van der Waals surface area contributed by atoms with Crippen molar-refractivity contribution in [2.24, 2.45) is 0 Å². The summed E-state index contributed by atoms with van der Waals surface area (Å²) in [6.07, 6.45) is 0. The summed E-state index contributed by atoms with van der Waals surface area (Å²) in [6.45, 7) is 2.27. The van der Waals surface area contributed by atoms with E-state index in [2.05, 4.69) is 5.32 Å². The highest BCUT2D eigenvalue weighted by Crippen LogP contribution is 2.24. The number of thiophene rings is 1. The Morgan fingerprint density at radius 1 is 1.22 bits per heavy atom. The van der Waals surface area contributed by atoms with E-state index in [4.69, 9.17) is 11.6 Å². The van der Waals surface area contributed by atoms with Crippen LogP contribution in [0.1, 0.15) is 23.4 Å². The first-order valence-corrected chi connectivity index (χ1v) is 6.69. The molecule has 5 heteroatoms. The molecule has 1 unspecified atom stereocenters. The van der Waals surface area contributed by atoms with E-state index in [1.807, 2.05) is 6.07 Å². The first-order chi connectivity index (χ1) is 8.58. The number of nitrogens with one attached hydrogen (secondary N) is 1. The number of hydrogen-bond donors (Lipinski definition) is 1. The van der Waals surface area contributed by atoms with Gasteiger partial charge in [0.05, 0.1) is 4.34 Å². The Hall–Kier alpha value is -0.970. The van der Waals surface area contributed by atoms with Gasteiger partial charge in [0.2, 0.25) is 0 Å². The number of rotatable bonds is 4. The Bertz CT molecular complexity index is 521. The van der Waals surface area contributed by atoms with Crippen LogP contribution in [-0.4, -0.2) is 0 Å². The topological polar surface area (TPSA) is 12.0 Å². The molecular formula is C13H12ClF2NS. The highest BCUT2D eigenvalue weighted by molar-refractivity contribution is 7.16.